The van der Waals surface area contributed by atoms with Gasteiger partial charge in [-0.25, -0.2) is 19.9 Å². The summed E-state index contributed by atoms with van der Waals surface area (Å²) in [6, 6.07) is 6.48. The zero-order valence-corrected chi connectivity index (χ0v) is 17.9. The fraction of sp³-hybridized carbons (Fsp3) is 0.400. The van der Waals surface area contributed by atoms with Crippen LogP contribution in [0, 0.1) is 9.49 Å². The molecular formula is C20H23IN6O. The predicted octanol–water partition coefficient (Wildman–Crippen LogP) is 4.12. The zero-order chi connectivity index (χ0) is 19.3. The average molecular weight is 490 g/mol. The van der Waals surface area contributed by atoms with E-state index < -0.39 is 0 Å². The van der Waals surface area contributed by atoms with Crippen molar-refractivity contribution in [1.29, 1.82) is 0 Å². The van der Waals surface area contributed by atoms with Crippen LogP contribution in [0.1, 0.15) is 25.7 Å². The summed E-state index contributed by atoms with van der Waals surface area (Å²) in [5, 5.41) is 7.98. The molecule has 0 amide bonds. The van der Waals surface area contributed by atoms with Gasteiger partial charge in [0, 0.05) is 40.1 Å². The van der Waals surface area contributed by atoms with Gasteiger partial charge in [-0.2, -0.15) is 0 Å². The molecule has 8 heteroatoms. The first-order valence-corrected chi connectivity index (χ1v) is 10.6. The van der Waals surface area contributed by atoms with Gasteiger partial charge in [0.05, 0.1) is 7.11 Å². The Morgan fingerprint density at radius 1 is 1.07 bits per heavy atom. The first-order chi connectivity index (χ1) is 13.7. The SMILES string of the molecule is COc1nccc2ccc(NC3CCC(CNc4ncc(I)cn4)CC3)nc12. The minimum absolute atomic E-state index is 0.443. The molecule has 1 aliphatic carbocycles. The predicted molar refractivity (Wildman–Crippen MR) is 119 cm³/mol. The van der Waals surface area contributed by atoms with Crippen LogP contribution in [0.3, 0.4) is 0 Å². The van der Waals surface area contributed by atoms with Crippen molar-refractivity contribution in [3.05, 3.63) is 40.4 Å². The number of methoxy groups -OCH3 is 1. The molecule has 3 aromatic rings. The van der Waals surface area contributed by atoms with Crippen LogP contribution < -0.4 is 15.4 Å². The summed E-state index contributed by atoms with van der Waals surface area (Å²) in [5.41, 5.74) is 0.797. The summed E-state index contributed by atoms with van der Waals surface area (Å²) in [7, 11) is 1.63. The van der Waals surface area contributed by atoms with Crippen molar-refractivity contribution in [1.82, 2.24) is 19.9 Å². The van der Waals surface area contributed by atoms with E-state index >= 15 is 0 Å². The molecule has 0 unspecified atom stereocenters. The van der Waals surface area contributed by atoms with Crippen LogP contribution in [-0.4, -0.2) is 39.6 Å². The molecule has 4 rings (SSSR count). The molecule has 2 N–H and O–H groups in total. The number of anilines is 2. The number of pyridine rings is 2. The fourth-order valence-corrected chi connectivity index (χ4v) is 3.89. The molecule has 0 spiro atoms. The molecule has 0 radical (unpaired) electrons. The Kier molecular flexibility index (Phi) is 6.04. The van der Waals surface area contributed by atoms with Crippen LogP contribution in [0.4, 0.5) is 11.8 Å². The highest BCUT2D eigenvalue weighted by molar-refractivity contribution is 14.1. The molecule has 1 aliphatic rings. The molecule has 28 heavy (non-hydrogen) atoms. The number of hydrogen-bond donors (Lipinski definition) is 2. The van der Waals surface area contributed by atoms with Gasteiger partial charge >= 0.3 is 0 Å². The summed E-state index contributed by atoms with van der Waals surface area (Å²) < 4.78 is 6.38. The van der Waals surface area contributed by atoms with Gasteiger partial charge in [0.1, 0.15) is 11.3 Å². The molecule has 0 atom stereocenters. The highest BCUT2D eigenvalue weighted by Crippen LogP contribution is 2.28. The lowest BCUT2D eigenvalue weighted by molar-refractivity contribution is 0.350. The summed E-state index contributed by atoms with van der Waals surface area (Å²) in [6.07, 6.45) is 10.0. The fourth-order valence-electron chi connectivity index (χ4n) is 3.61. The number of ether oxygens (including phenoxy) is 1. The number of fused-ring (bicyclic) bond motifs is 1. The van der Waals surface area contributed by atoms with Crippen LogP contribution >= 0.6 is 22.6 Å². The second-order valence-corrected chi connectivity index (χ2v) is 8.30. The third kappa shape index (κ3) is 4.60. The maximum absolute atomic E-state index is 5.34. The molecule has 3 aromatic heterocycles. The van der Waals surface area contributed by atoms with E-state index in [1.54, 1.807) is 13.3 Å². The molecule has 0 aliphatic heterocycles. The van der Waals surface area contributed by atoms with Crippen molar-refractivity contribution in [3.63, 3.8) is 0 Å². The summed E-state index contributed by atoms with van der Waals surface area (Å²) >= 11 is 2.21. The standard InChI is InChI=1S/C20H23IN6O/c1-28-19-18-14(8-9-22-19)4-7-17(27-18)26-16-5-2-13(3-6-16)10-23-20-24-11-15(21)12-25-20/h4,7-9,11-13,16H,2-3,5-6,10H2,1H3,(H,26,27)(H,23,24,25). The Bertz CT molecular complexity index is 928. The van der Waals surface area contributed by atoms with Crippen molar-refractivity contribution in [2.24, 2.45) is 5.92 Å². The summed E-state index contributed by atoms with van der Waals surface area (Å²) in [5.74, 6) is 2.81. The van der Waals surface area contributed by atoms with E-state index in [0.717, 1.165) is 39.7 Å². The van der Waals surface area contributed by atoms with Crippen molar-refractivity contribution in [2.45, 2.75) is 31.7 Å². The van der Waals surface area contributed by atoms with Crippen LogP contribution in [0.5, 0.6) is 5.88 Å². The maximum Gasteiger partial charge on any atom is 0.240 e. The molecule has 0 bridgehead atoms. The summed E-state index contributed by atoms with van der Waals surface area (Å²) in [4.78, 5) is 17.6. The van der Waals surface area contributed by atoms with Crippen molar-refractivity contribution >= 4 is 45.3 Å². The van der Waals surface area contributed by atoms with Gasteiger partial charge in [0.15, 0.2) is 0 Å². The van der Waals surface area contributed by atoms with E-state index in [0.29, 0.717) is 23.8 Å². The lowest BCUT2D eigenvalue weighted by Gasteiger charge is -2.29. The number of halogens is 1. The van der Waals surface area contributed by atoms with Crippen LogP contribution in [0.25, 0.3) is 10.9 Å². The third-order valence-corrected chi connectivity index (χ3v) is 5.69. The van der Waals surface area contributed by atoms with Gasteiger partial charge in [-0.3, -0.25) is 0 Å². The number of rotatable bonds is 6. The minimum Gasteiger partial charge on any atom is -0.479 e. The molecule has 146 valence electrons. The molecule has 0 saturated heterocycles. The Morgan fingerprint density at radius 3 is 2.61 bits per heavy atom. The summed E-state index contributed by atoms with van der Waals surface area (Å²) in [6.45, 7) is 0.921. The van der Waals surface area contributed by atoms with Crippen molar-refractivity contribution in [2.75, 3.05) is 24.3 Å². The second kappa shape index (κ2) is 8.85. The lowest BCUT2D eigenvalue weighted by Crippen LogP contribution is -2.29. The highest BCUT2D eigenvalue weighted by atomic mass is 127. The van der Waals surface area contributed by atoms with Crippen molar-refractivity contribution in [3.8, 4) is 5.88 Å². The Balaban J connectivity index is 1.30. The highest BCUT2D eigenvalue weighted by Gasteiger charge is 2.21. The number of aromatic nitrogens is 4. The third-order valence-electron chi connectivity index (χ3n) is 5.14. The quantitative estimate of drug-likeness (QED) is 0.503. The lowest BCUT2D eigenvalue weighted by atomic mass is 9.86. The molecular weight excluding hydrogens is 467 g/mol. The topological polar surface area (TPSA) is 84.9 Å². The Labute approximate surface area is 177 Å². The van der Waals surface area contributed by atoms with E-state index in [-0.39, 0.29) is 0 Å². The zero-order valence-electron chi connectivity index (χ0n) is 15.7. The largest absolute Gasteiger partial charge is 0.479 e. The van der Waals surface area contributed by atoms with E-state index in [1.165, 1.54) is 12.8 Å². The molecule has 1 fully saturated rings. The average Bonchev–Trinajstić information content (AvgIpc) is 2.74. The molecule has 7 nitrogen and oxygen atoms in total. The van der Waals surface area contributed by atoms with Gasteiger partial charge in [0.25, 0.3) is 0 Å². The van der Waals surface area contributed by atoms with E-state index in [2.05, 4.69) is 54.2 Å². The van der Waals surface area contributed by atoms with Crippen molar-refractivity contribution < 1.29 is 4.74 Å². The number of nitrogens with zero attached hydrogens (tertiary/aromatic N) is 4. The smallest absolute Gasteiger partial charge is 0.240 e. The van der Waals surface area contributed by atoms with E-state index in [1.807, 2.05) is 24.5 Å². The van der Waals surface area contributed by atoms with Gasteiger partial charge < -0.3 is 15.4 Å². The molecule has 0 aromatic carbocycles. The minimum atomic E-state index is 0.443. The number of nitrogens with one attached hydrogen (secondary N) is 2. The van der Waals surface area contributed by atoms with Crippen LogP contribution in [0.15, 0.2) is 36.8 Å². The van der Waals surface area contributed by atoms with Gasteiger partial charge in [-0.1, -0.05) is 0 Å². The Hall–Kier alpha value is -2.23. The normalized spacial score (nSPS) is 19.4. The van der Waals surface area contributed by atoms with E-state index in [4.69, 9.17) is 9.72 Å². The van der Waals surface area contributed by atoms with Gasteiger partial charge in [0.2, 0.25) is 11.8 Å². The van der Waals surface area contributed by atoms with Crippen LogP contribution in [0.2, 0.25) is 0 Å². The van der Waals surface area contributed by atoms with Gasteiger partial charge in [-0.05, 0) is 72.4 Å². The maximum atomic E-state index is 5.34. The van der Waals surface area contributed by atoms with Gasteiger partial charge in [-0.15, -0.1) is 0 Å². The molecule has 1 saturated carbocycles. The monoisotopic (exact) mass is 490 g/mol. The second-order valence-electron chi connectivity index (χ2n) is 7.06. The van der Waals surface area contributed by atoms with E-state index in [9.17, 15) is 0 Å². The Morgan fingerprint density at radius 2 is 1.86 bits per heavy atom. The molecule has 3 heterocycles. The first kappa shape index (κ1) is 19.1. The first-order valence-electron chi connectivity index (χ1n) is 9.49. The number of hydrogen-bond acceptors (Lipinski definition) is 7. The van der Waals surface area contributed by atoms with Crippen LogP contribution in [-0.2, 0) is 0 Å².